The van der Waals surface area contributed by atoms with Crippen LogP contribution in [-0.2, 0) is 6.42 Å². The van der Waals surface area contributed by atoms with Crippen molar-refractivity contribution >= 4 is 11.6 Å². The Hall–Kier alpha value is -0.610. The van der Waals surface area contributed by atoms with Crippen molar-refractivity contribution in [2.45, 2.75) is 18.9 Å². The van der Waals surface area contributed by atoms with Crippen LogP contribution in [0.4, 0.5) is 0 Å². The van der Waals surface area contributed by atoms with Crippen molar-refractivity contribution in [3.8, 4) is 0 Å². The van der Waals surface area contributed by atoms with Gasteiger partial charge in [0.1, 0.15) is 0 Å². The average molecular weight is 268 g/mol. The summed E-state index contributed by atoms with van der Waals surface area (Å²) in [6.07, 6.45) is 2.14. The molecule has 1 fully saturated rings. The number of likely N-dealkylation sites (tertiary alicyclic amines) is 1. The maximum atomic E-state index is 6.12. The van der Waals surface area contributed by atoms with Crippen LogP contribution in [0.3, 0.4) is 0 Å². The van der Waals surface area contributed by atoms with Crippen molar-refractivity contribution in [2.75, 3.05) is 26.2 Å². The zero-order valence-electron chi connectivity index (χ0n) is 10.7. The Balaban J connectivity index is 1.95. The summed E-state index contributed by atoms with van der Waals surface area (Å²) in [6.45, 7) is 3.72. The minimum Gasteiger partial charge on any atom is -0.329 e. The first-order valence-corrected chi connectivity index (χ1v) is 6.97. The van der Waals surface area contributed by atoms with E-state index in [9.17, 15) is 0 Å². The van der Waals surface area contributed by atoms with Crippen LogP contribution in [0.5, 0.6) is 0 Å². The molecule has 1 heterocycles. The van der Waals surface area contributed by atoms with Crippen molar-refractivity contribution in [1.29, 1.82) is 0 Å². The minimum absolute atomic E-state index is 0.273. The van der Waals surface area contributed by atoms with Crippen LogP contribution in [0.15, 0.2) is 24.3 Å². The van der Waals surface area contributed by atoms with E-state index in [1.807, 2.05) is 12.1 Å². The third-order valence-corrected chi connectivity index (χ3v) is 3.74. The van der Waals surface area contributed by atoms with E-state index < -0.39 is 0 Å². The molecule has 0 aromatic heterocycles. The molecule has 1 aromatic carbocycles. The predicted molar refractivity (Wildman–Crippen MR) is 76.7 cm³/mol. The van der Waals surface area contributed by atoms with Crippen molar-refractivity contribution in [2.24, 2.45) is 17.4 Å². The van der Waals surface area contributed by atoms with Gasteiger partial charge in [0.15, 0.2) is 0 Å². The number of nitrogens with two attached hydrogens (primary N) is 2. The van der Waals surface area contributed by atoms with Gasteiger partial charge in [-0.1, -0.05) is 23.7 Å². The molecular formula is C14H22ClN3. The SMILES string of the molecule is NCCN1CC(N)CC(Cc2cccc(Cl)c2)C1. The number of hydrogen-bond acceptors (Lipinski definition) is 3. The molecule has 18 heavy (non-hydrogen) atoms. The third-order valence-electron chi connectivity index (χ3n) is 3.50. The standard InChI is InChI=1S/C14H22ClN3/c15-13-3-1-2-11(7-13)6-12-8-14(17)10-18(9-12)5-4-16/h1-3,7,12,14H,4-6,8-10,16-17H2. The van der Waals surface area contributed by atoms with Gasteiger partial charge in [0.25, 0.3) is 0 Å². The Morgan fingerprint density at radius 1 is 1.33 bits per heavy atom. The first-order valence-electron chi connectivity index (χ1n) is 6.60. The van der Waals surface area contributed by atoms with E-state index in [1.54, 1.807) is 0 Å². The summed E-state index contributed by atoms with van der Waals surface area (Å²) in [5.74, 6) is 0.610. The highest BCUT2D eigenvalue weighted by Crippen LogP contribution is 2.21. The number of hydrogen-bond donors (Lipinski definition) is 2. The zero-order chi connectivity index (χ0) is 13.0. The third kappa shape index (κ3) is 3.95. The van der Waals surface area contributed by atoms with Crippen molar-refractivity contribution in [1.82, 2.24) is 4.90 Å². The Morgan fingerprint density at radius 3 is 2.89 bits per heavy atom. The molecule has 2 atom stereocenters. The number of nitrogens with zero attached hydrogens (tertiary/aromatic N) is 1. The van der Waals surface area contributed by atoms with Crippen molar-refractivity contribution in [3.63, 3.8) is 0 Å². The second kappa shape index (κ2) is 6.53. The molecule has 1 aromatic rings. The quantitative estimate of drug-likeness (QED) is 0.869. The van der Waals surface area contributed by atoms with E-state index >= 15 is 0 Å². The molecule has 4 heteroatoms. The summed E-state index contributed by atoms with van der Waals surface area (Å²) in [5.41, 5.74) is 13.0. The molecule has 3 nitrogen and oxygen atoms in total. The van der Waals surface area contributed by atoms with Crippen molar-refractivity contribution < 1.29 is 0 Å². The van der Waals surface area contributed by atoms with Gasteiger partial charge in [0, 0.05) is 37.2 Å². The maximum absolute atomic E-state index is 6.12. The lowest BCUT2D eigenvalue weighted by Crippen LogP contribution is -2.48. The Morgan fingerprint density at radius 2 is 2.17 bits per heavy atom. The van der Waals surface area contributed by atoms with Crippen LogP contribution in [0.2, 0.25) is 5.02 Å². The topological polar surface area (TPSA) is 55.3 Å². The molecule has 0 bridgehead atoms. The van der Waals surface area contributed by atoms with Gasteiger partial charge in [-0.2, -0.15) is 0 Å². The summed E-state index contributed by atoms with van der Waals surface area (Å²) in [6, 6.07) is 8.39. The number of halogens is 1. The van der Waals surface area contributed by atoms with Gasteiger partial charge in [0.2, 0.25) is 0 Å². The molecule has 1 aliphatic heterocycles. The van der Waals surface area contributed by atoms with E-state index in [1.165, 1.54) is 5.56 Å². The van der Waals surface area contributed by atoms with Crippen LogP contribution in [-0.4, -0.2) is 37.1 Å². The minimum atomic E-state index is 0.273. The van der Waals surface area contributed by atoms with Crippen molar-refractivity contribution in [3.05, 3.63) is 34.9 Å². The Bertz CT molecular complexity index is 383. The fraction of sp³-hybridized carbons (Fsp3) is 0.571. The smallest absolute Gasteiger partial charge is 0.0408 e. The molecule has 0 spiro atoms. The van der Waals surface area contributed by atoms with Crippen LogP contribution in [0.25, 0.3) is 0 Å². The lowest BCUT2D eigenvalue weighted by Gasteiger charge is -2.36. The molecule has 4 N–H and O–H groups in total. The van der Waals surface area contributed by atoms with Gasteiger partial charge < -0.3 is 16.4 Å². The first-order chi connectivity index (χ1) is 8.67. The van der Waals surface area contributed by atoms with E-state index in [2.05, 4.69) is 17.0 Å². The molecule has 0 radical (unpaired) electrons. The monoisotopic (exact) mass is 267 g/mol. The van der Waals surface area contributed by atoms with Gasteiger partial charge in [0.05, 0.1) is 0 Å². The first kappa shape index (κ1) is 13.8. The summed E-state index contributed by atoms with van der Waals surface area (Å²) in [7, 11) is 0. The van der Waals surface area contributed by atoms with Crippen LogP contribution < -0.4 is 11.5 Å². The lowest BCUT2D eigenvalue weighted by molar-refractivity contribution is 0.160. The van der Waals surface area contributed by atoms with Crippen LogP contribution >= 0.6 is 11.6 Å². The van der Waals surface area contributed by atoms with E-state index in [-0.39, 0.29) is 6.04 Å². The molecule has 0 saturated carbocycles. The van der Waals surface area contributed by atoms with Gasteiger partial charge in [-0.15, -0.1) is 0 Å². The number of benzene rings is 1. The molecule has 1 saturated heterocycles. The molecule has 0 aliphatic carbocycles. The van der Waals surface area contributed by atoms with Gasteiger partial charge in [-0.3, -0.25) is 0 Å². The summed E-state index contributed by atoms with van der Waals surface area (Å²) < 4.78 is 0. The fourth-order valence-electron chi connectivity index (χ4n) is 2.86. The molecule has 2 rings (SSSR count). The molecule has 100 valence electrons. The molecule has 0 amide bonds. The van der Waals surface area contributed by atoms with Gasteiger partial charge in [-0.25, -0.2) is 0 Å². The van der Waals surface area contributed by atoms with Gasteiger partial charge >= 0.3 is 0 Å². The van der Waals surface area contributed by atoms with E-state index in [0.717, 1.165) is 37.5 Å². The zero-order valence-corrected chi connectivity index (χ0v) is 11.4. The Kier molecular flexibility index (Phi) is 5.01. The predicted octanol–water partition coefficient (Wildman–Crippen LogP) is 1.49. The summed E-state index contributed by atoms with van der Waals surface area (Å²) in [5, 5.41) is 0.812. The van der Waals surface area contributed by atoms with E-state index in [0.29, 0.717) is 12.5 Å². The summed E-state index contributed by atoms with van der Waals surface area (Å²) in [4.78, 5) is 2.38. The van der Waals surface area contributed by atoms with Crippen LogP contribution in [0, 0.1) is 5.92 Å². The van der Waals surface area contributed by atoms with E-state index in [4.69, 9.17) is 23.1 Å². The largest absolute Gasteiger partial charge is 0.329 e. The highest BCUT2D eigenvalue weighted by Gasteiger charge is 2.24. The number of piperidine rings is 1. The highest BCUT2D eigenvalue weighted by atomic mass is 35.5. The lowest BCUT2D eigenvalue weighted by atomic mass is 9.89. The Labute approximate surface area is 114 Å². The maximum Gasteiger partial charge on any atom is 0.0408 e. The normalized spacial score (nSPS) is 25.3. The fourth-order valence-corrected chi connectivity index (χ4v) is 3.07. The average Bonchev–Trinajstić information content (AvgIpc) is 2.28. The summed E-state index contributed by atoms with van der Waals surface area (Å²) >= 11 is 6.02. The second-order valence-electron chi connectivity index (χ2n) is 5.24. The second-order valence-corrected chi connectivity index (χ2v) is 5.68. The molecular weight excluding hydrogens is 246 g/mol. The molecule has 1 aliphatic rings. The highest BCUT2D eigenvalue weighted by molar-refractivity contribution is 6.30. The molecule has 2 unspecified atom stereocenters. The number of rotatable bonds is 4. The van der Waals surface area contributed by atoms with Crippen LogP contribution in [0.1, 0.15) is 12.0 Å². The van der Waals surface area contributed by atoms with Gasteiger partial charge in [-0.05, 0) is 36.5 Å².